The van der Waals surface area contributed by atoms with Gasteiger partial charge >= 0.3 is 5.97 Å². The molecule has 1 aromatic heterocycles. The van der Waals surface area contributed by atoms with Gasteiger partial charge in [0.1, 0.15) is 23.2 Å². The fourth-order valence-electron chi connectivity index (χ4n) is 3.26. The van der Waals surface area contributed by atoms with E-state index in [2.05, 4.69) is 16.6 Å². The summed E-state index contributed by atoms with van der Waals surface area (Å²) in [6.07, 6.45) is 2.66. The van der Waals surface area contributed by atoms with Crippen LogP contribution in [0.5, 0.6) is 5.75 Å². The van der Waals surface area contributed by atoms with E-state index in [0.29, 0.717) is 5.69 Å². The molecule has 1 N–H and O–H groups in total. The van der Waals surface area contributed by atoms with Crippen LogP contribution in [0, 0.1) is 17.1 Å². The lowest BCUT2D eigenvalue weighted by Gasteiger charge is -2.13. The molecule has 3 aromatic rings. The first-order valence-electron chi connectivity index (χ1n) is 10.5. The van der Waals surface area contributed by atoms with E-state index < -0.39 is 35.6 Å². The molecule has 0 atom stereocenters. The molecular weight excluding hydrogens is 469 g/mol. The van der Waals surface area contributed by atoms with Gasteiger partial charge in [0.2, 0.25) is 0 Å². The number of nitrogens with one attached hydrogen (secondary N) is 1. The van der Waals surface area contributed by atoms with E-state index in [0.717, 1.165) is 22.8 Å². The number of carbonyl (C=O) groups excluding carboxylic acids is 3. The van der Waals surface area contributed by atoms with Gasteiger partial charge in [-0.1, -0.05) is 12.1 Å². The van der Waals surface area contributed by atoms with E-state index >= 15 is 0 Å². The van der Waals surface area contributed by atoms with Crippen molar-refractivity contribution in [2.24, 2.45) is 0 Å². The predicted octanol–water partition coefficient (Wildman–Crippen LogP) is 3.08. The Morgan fingerprint density at radius 1 is 1.17 bits per heavy atom. The van der Waals surface area contributed by atoms with Crippen LogP contribution < -0.4 is 15.6 Å². The fraction of sp³-hybridized carbons (Fsp3) is 0.115. The predicted molar refractivity (Wildman–Crippen MR) is 127 cm³/mol. The molecule has 1 amide bonds. The monoisotopic (exact) mass is 489 g/mol. The third kappa shape index (κ3) is 5.90. The standard InChI is InChI=1S/C26H20FN3O6/c1-3-9-30-14-18(10-17(13-28)25(30)33)24(32)21-12-19(27)7-8-22(21)36-15-23(31)29-20-6-4-5-16(11-20)26(34)35-2/h3-8,10-12,14H,1,9,15H2,2H3,(H,29,31). The van der Waals surface area contributed by atoms with Gasteiger partial charge in [-0.25, -0.2) is 9.18 Å². The van der Waals surface area contributed by atoms with Crippen LogP contribution in [-0.4, -0.2) is 35.9 Å². The number of anilines is 1. The van der Waals surface area contributed by atoms with Gasteiger partial charge in [-0.2, -0.15) is 5.26 Å². The molecule has 0 spiro atoms. The maximum absolute atomic E-state index is 14.0. The van der Waals surface area contributed by atoms with Gasteiger partial charge in [-0.05, 0) is 42.5 Å². The molecule has 0 aliphatic carbocycles. The summed E-state index contributed by atoms with van der Waals surface area (Å²) in [5.41, 5.74) is -0.573. The normalized spacial score (nSPS) is 10.1. The lowest BCUT2D eigenvalue weighted by molar-refractivity contribution is -0.118. The number of aromatic nitrogens is 1. The Hall–Kier alpha value is -5.04. The van der Waals surface area contributed by atoms with Crippen LogP contribution in [0.2, 0.25) is 0 Å². The largest absolute Gasteiger partial charge is 0.483 e. The van der Waals surface area contributed by atoms with Crippen molar-refractivity contribution in [3.8, 4) is 11.8 Å². The molecule has 2 aromatic carbocycles. The number of nitrogens with zero attached hydrogens (tertiary/aromatic N) is 2. The third-order valence-corrected chi connectivity index (χ3v) is 4.91. The highest BCUT2D eigenvalue weighted by Crippen LogP contribution is 2.23. The number of pyridine rings is 1. The molecule has 3 rings (SSSR count). The molecule has 10 heteroatoms. The highest BCUT2D eigenvalue weighted by molar-refractivity contribution is 6.10. The number of ether oxygens (including phenoxy) is 2. The summed E-state index contributed by atoms with van der Waals surface area (Å²) in [7, 11) is 1.23. The second-order valence-corrected chi connectivity index (χ2v) is 7.38. The van der Waals surface area contributed by atoms with Gasteiger partial charge in [-0.3, -0.25) is 14.4 Å². The van der Waals surface area contributed by atoms with Gasteiger partial charge in [-0.15, -0.1) is 6.58 Å². The van der Waals surface area contributed by atoms with Crippen molar-refractivity contribution in [1.29, 1.82) is 5.26 Å². The Bertz CT molecular complexity index is 1450. The van der Waals surface area contributed by atoms with Crippen LogP contribution >= 0.6 is 0 Å². The SMILES string of the molecule is C=CCn1cc(C(=O)c2cc(F)ccc2OCC(=O)Nc2cccc(C(=O)OC)c2)cc(C#N)c1=O. The summed E-state index contributed by atoms with van der Waals surface area (Å²) in [4.78, 5) is 49.5. The van der Waals surface area contributed by atoms with E-state index in [1.54, 1.807) is 18.2 Å². The molecular formula is C26H20FN3O6. The third-order valence-electron chi connectivity index (χ3n) is 4.91. The average Bonchev–Trinajstić information content (AvgIpc) is 2.88. The number of nitriles is 1. The molecule has 0 saturated carbocycles. The fourth-order valence-corrected chi connectivity index (χ4v) is 3.26. The number of benzene rings is 2. The number of allylic oxidation sites excluding steroid dienone is 1. The summed E-state index contributed by atoms with van der Waals surface area (Å²) in [6.45, 7) is 3.06. The Labute approximate surface area is 205 Å². The van der Waals surface area contributed by atoms with Crippen LogP contribution in [0.15, 0.2) is 72.2 Å². The molecule has 9 nitrogen and oxygen atoms in total. The Morgan fingerprint density at radius 2 is 1.94 bits per heavy atom. The van der Waals surface area contributed by atoms with Crippen molar-refractivity contribution >= 4 is 23.3 Å². The molecule has 0 bridgehead atoms. The average molecular weight is 489 g/mol. The first kappa shape index (κ1) is 25.6. The molecule has 0 aliphatic heterocycles. The summed E-state index contributed by atoms with van der Waals surface area (Å²) in [5, 5.41) is 11.8. The van der Waals surface area contributed by atoms with Gasteiger partial charge in [0.15, 0.2) is 12.4 Å². The summed E-state index contributed by atoms with van der Waals surface area (Å²) >= 11 is 0. The Balaban J connectivity index is 1.83. The second-order valence-electron chi connectivity index (χ2n) is 7.38. The van der Waals surface area contributed by atoms with Crippen molar-refractivity contribution in [3.05, 3.63) is 106 Å². The number of esters is 1. The minimum atomic E-state index is -0.727. The van der Waals surface area contributed by atoms with Crippen LogP contribution in [0.1, 0.15) is 31.8 Å². The number of rotatable bonds is 9. The molecule has 0 radical (unpaired) electrons. The van der Waals surface area contributed by atoms with Gasteiger partial charge in [0.25, 0.3) is 11.5 Å². The number of ketones is 1. The first-order chi connectivity index (χ1) is 17.3. The topological polar surface area (TPSA) is 127 Å². The smallest absolute Gasteiger partial charge is 0.337 e. The van der Waals surface area contributed by atoms with Crippen molar-refractivity contribution in [2.75, 3.05) is 19.0 Å². The molecule has 36 heavy (non-hydrogen) atoms. The maximum Gasteiger partial charge on any atom is 0.337 e. The van der Waals surface area contributed by atoms with Gasteiger partial charge in [0.05, 0.1) is 18.2 Å². The number of amides is 1. The Kier molecular flexibility index (Phi) is 8.10. The molecule has 182 valence electrons. The highest BCUT2D eigenvalue weighted by Gasteiger charge is 2.20. The van der Waals surface area contributed by atoms with E-state index in [-0.39, 0.29) is 34.5 Å². The Morgan fingerprint density at radius 3 is 2.64 bits per heavy atom. The highest BCUT2D eigenvalue weighted by atomic mass is 19.1. The van der Waals surface area contributed by atoms with Crippen LogP contribution in [-0.2, 0) is 16.1 Å². The van der Waals surface area contributed by atoms with E-state index in [1.807, 2.05) is 0 Å². The number of halogens is 1. The van der Waals surface area contributed by atoms with Gasteiger partial charge in [0, 0.05) is 24.0 Å². The number of hydrogen-bond acceptors (Lipinski definition) is 7. The lowest BCUT2D eigenvalue weighted by Crippen LogP contribution is -2.24. The van der Waals surface area contributed by atoms with Crippen LogP contribution in [0.25, 0.3) is 0 Å². The minimum absolute atomic E-state index is 0.0486. The quantitative estimate of drug-likeness (QED) is 0.278. The molecule has 0 aliphatic rings. The number of carbonyl (C=O) groups is 3. The zero-order valence-electron chi connectivity index (χ0n) is 19.1. The number of methoxy groups -OCH3 is 1. The molecule has 0 fully saturated rings. The van der Waals surface area contributed by atoms with Gasteiger partial charge < -0.3 is 19.4 Å². The zero-order valence-corrected chi connectivity index (χ0v) is 19.1. The van der Waals surface area contributed by atoms with E-state index in [4.69, 9.17) is 4.74 Å². The minimum Gasteiger partial charge on any atom is -0.483 e. The van der Waals surface area contributed by atoms with E-state index in [1.165, 1.54) is 37.6 Å². The molecule has 0 unspecified atom stereocenters. The summed E-state index contributed by atoms with van der Waals surface area (Å²) in [5.74, 6) is -2.71. The maximum atomic E-state index is 14.0. The van der Waals surface area contributed by atoms with Crippen LogP contribution in [0.3, 0.4) is 0 Å². The van der Waals surface area contributed by atoms with Crippen molar-refractivity contribution in [3.63, 3.8) is 0 Å². The van der Waals surface area contributed by atoms with Crippen LogP contribution in [0.4, 0.5) is 10.1 Å². The summed E-state index contributed by atoms with van der Waals surface area (Å²) in [6, 6.07) is 12.1. The van der Waals surface area contributed by atoms with Crippen molar-refractivity contribution < 1.29 is 28.2 Å². The summed E-state index contributed by atoms with van der Waals surface area (Å²) < 4.78 is 25.3. The molecule has 0 saturated heterocycles. The first-order valence-corrected chi connectivity index (χ1v) is 10.5. The molecule has 1 heterocycles. The number of hydrogen-bond donors (Lipinski definition) is 1. The zero-order chi connectivity index (χ0) is 26.2. The second kappa shape index (κ2) is 11.4. The van der Waals surface area contributed by atoms with E-state index in [9.17, 15) is 28.8 Å². The van der Waals surface area contributed by atoms with Crippen molar-refractivity contribution in [2.45, 2.75) is 6.54 Å². The van der Waals surface area contributed by atoms with Crippen molar-refractivity contribution in [1.82, 2.24) is 4.57 Å². The lowest BCUT2D eigenvalue weighted by atomic mass is 10.0.